The van der Waals surface area contributed by atoms with Crippen molar-refractivity contribution < 1.29 is 18.7 Å². The van der Waals surface area contributed by atoms with Crippen LogP contribution < -0.4 is 15.4 Å². The van der Waals surface area contributed by atoms with E-state index in [9.17, 15) is 9.59 Å². The maximum Gasteiger partial charge on any atom is 0.291 e. The highest BCUT2D eigenvalue weighted by Gasteiger charge is 2.12. The Morgan fingerprint density at radius 1 is 1.14 bits per heavy atom. The maximum atomic E-state index is 12.4. The summed E-state index contributed by atoms with van der Waals surface area (Å²) in [7, 11) is 1.52. The van der Waals surface area contributed by atoms with Crippen LogP contribution in [0.2, 0.25) is 5.02 Å². The third kappa shape index (κ3) is 5.56. The van der Waals surface area contributed by atoms with Crippen LogP contribution in [0.15, 0.2) is 64.1 Å². The zero-order valence-corrected chi connectivity index (χ0v) is 17.4. The zero-order chi connectivity index (χ0) is 20.8. The fraction of sp³-hybridized carbons (Fsp3) is 0.143. The molecule has 2 amide bonds. The maximum absolute atomic E-state index is 12.4. The van der Waals surface area contributed by atoms with E-state index in [1.165, 1.54) is 25.1 Å². The molecule has 2 aromatic carbocycles. The third-order valence-electron chi connectivity index (χ3n) is 3.96. The summed E-state index contributed by atoms with van der Waals surface area (Å²) in [6, 6.07) is 13.9. The largest absolute Gasteiger partial charge is 0.495 e. The number of halogens is 1. The SMILES string of the molecule is COc1cc(Cl)c(C)cc1NC(=O)CSc1cccc(NC(=O)c2ccco2)c1. The van der Waals surface area contributed by atoms with Crippen molar-refractivity contribution in [3.05, 3.63) is 71.1 Å². The highest BCUT2D eigenvalue weighted by Crippen LogP contribution is 2.31. The molecule has 0 aliphatic heterocycles. The Balaban J connectivity index is 1.59. The number of hydrogen-bond acceptors (Lipinski definition) is 5. The van der Waals surface area contributed by atoms with Gasteiger partial charge in [0.1, 0.15) is 5.75 Å². The molecule has 1 aromatic heterocycles. The fourth-order valence-corrected chi connectivity index (χ4v) is 3.44. The van der Waals surface area contributed by atoms with E-state index >= 15 is 0 Å². The molecular formula is C21H19ClN2O4S. The van der Waals surface area contributed by atoms with E-state index < -0.39 is 0 Å². The molecule has 0 saturated heterocycles. The lowest BCUT2D eigenvalue weighted by Gasteiger charge is -2.12. The van der Waals surface area contributed by atoms with E-state index in [1.807, 2.05) is 19.1 Å². The minimum absolute atomic E-state index is 0.181. The lowest BCUT2D eigenvalue weighted by Crippen LogP contribution is -2.15. The van der Waals surface area contributed by atoms with Crippen LogP contribution in [0.1, 0.15) is 16.1 Å². The fourth-order valence-electron chi connectivity index (χ4n) is 2.53. The van der Waals surface area contributed by atoms with Gasteiger partial charge in [0.05, 0.1) is 24.8 Å². The van der Waals surface area contributed by atoms with Crippen molar-refractivity contribution in [3.63, 3.8) is 0 Å². The number of ether oxygens (including phenoxy) is 1. The van der Waals surface area contributed by atoms with Crippen molar-refractivity contribution in [3.8, 4) is 5.75 Å². The summed E-state index contributed by atoms with van der Waals surface area (Å²) >= 11 is 7.45. The van der Waals surface area contributed by atoms with E-state index in [-0.39, 0.29) is 23.3 Å². The third-order valence-corrected chi connectivity index (χ3v) is 5.36. The van der Waals surface area contributed by atoms with Crippen molar-refractivity contribution in [2.24, 2.45) is 0 Å². The Morgan fingerprint density at radius 2 is 1.97 bits per heavy atom. The summed E-state index contributed by atoms with van der Waals surface area (Å²) in [5.74, 6) is 0.414. The molecule has 0 atom stereocenters. The van der Waals surface area contributed by atoms with Crippen LogP contribution >= 0.6 is 23.4 Å². The topological polar surface area (TPSA) is 80.6 Å². The Kier molecular flexibility index (Phi) is 6.85. The van der Waals surface area contributed by atoms with Gasteiger partial charge in [-0.1, -0.05) is 17.7 Å². The number of thioether (sulfide) groups is 1. The number of hydrogen-bond donors (Lipinski definition) is 2. The molecular weight excluding hydrogens is 412 g/mol. The summed E-state index contributed by atoms with van der Waals surface area (Å²) in [6.45, 7) is 1.86. The van der Waals surface area contributed by atoms with Crippen LogP contribution in [0.4, 0.5) is 11.4 Å². The first-order valence-electron chi connectivity index (χ1n) is 8.68. The minimum Gasteiger partial charge on any atom is -0.495 e. The number of nitrogens with one attached hydrogen (secondary N) is 2. The Morgan fingerprint density at radius 3 is 2.69 bits per heavy atom. The van der Waals surface area contributed by atoms with Crippen LogP contribution in [0.5, 0.6) is 5.75 Å². The van der Waals surface area contributed by atoms with E-state index in [2.05, 4.69) is 10.6 Å². The predicted octanol–water partition coefficient (Wildman–Crippen LogP) is 5.23. The smallest absolute Gasteiger partial charge is 0.291 e. The second kappa shape index (κ2) is 9.54. The number of benzene rings is 2. The van der Waals surface area contributed by atoms with E-state index in [4.69, 9.17) is 20.8 Å². The number of methoxy groups -OCH3 is 1. The van der Waals surface area contributed by atoms with Crippen molar-refractivity contribution in [2.45, 2.75) is 11.8 Å². The normalized spacial score (nSPS) is 10.4. The number of carbonyl (C=O) groups excluding carboxylic acids is 2. The van der Waals surface area contributed by atoms with E-state index in [0.29, 0.717) is 22.1 Å². The highest BCUT2D eigenvalue weighted by atomic mass is 35.5. The molecule has 0 fully saturated rings. The second-order valence-electron chi connectivity index (χ2n) is 6.10. The molecule has 0 bridgehead atoms. The van der Waals surface area contributed by atoms with E-state index in [0.717, 1.165) is 10.5 Å². The Labute approximate surface area is 177 Å². The van der Waals surface area contributed by atoms with Crippen molar-refractivity contribution >= 4 is 46.6 Å². The molecule has 2 N–H and O–H groups in total. The van der Waals surface area contributed by atoms with Gasteiger partial charge in [0.25, 0.3) is 5.91 Å². The minimum atomic E-state index is -0.333. The molecule has 0 aliphatic carbocycles. The first-order valence-corrected chi connectivity index (χ1v) is 10.0. The van der Waals surface area contributed by atoms with Crippen molar-refractivity contribution in [2.75, 3.05) is 23.5 Å². The van der Waals surface area contributed by atoms with Crippen LogP contribution in [0.3, 0.4) is 0 Å². The van der Waals surface area contributed by atoms with Crippen LogP contribution in [-0.4, -0.2) is 24.7 Å². The summed E-state index contributed by atoms with van der Waals surface area (Å²) in [6.07, 6.45) is 1.44. The number of furan rings is 1. The van der Waals surface area contributed by atoms with Crippen LogP contribution in [0, 0.1) is 6.92 Å². The first kappa shape index (κ1) is 20.8. The number of aryl methyl sites for hydroxylation is 1. The van der Waals surface area contributed by atoms with Gasteiger partial charge in [0, 0.05) is 21.7 Å². The quantitative estimate of drug-likeness (QED) is 0.501. The van der Waals surface area contributed by atoms with Gasteiger partial charge in [-0.25, -0.2) is 0 Å². The zero-order valence-electron chi connectivity index (χ0n) is 15.8. The predicted molar refractivity (Wildman–Crippen MR) is 115 cm³/mol. The van der Waals surface area contributed by atoms with Gasteiger partial charge in [-0.05, 0) is 48.9 Å². The lowest BCUT2D eigenvalue weighted by atomic mass is 10.2. The highest BCUT2D eigenvalue weighted by molar-refractivity contribution is 8.00. The van der Waals surface area contributed by atoms with Crippen molar-refractivity contribution in [1.29, 1.82) is 0 Å². The standard InChI is InChI=1S/C21H19ClN2O4S/c1-13-9-17(19(27-2)11-16(13)22)24-20(25)12-29-15-6-3-5-14(10-15)23-21(26)18-7-4-8-28-18/h3-11H,12H2,1-2H3,(H,23,26)(H,24,25). The van der Waals surface area contributed by atoms with E-state index in [1.54, 1.807) is 36.4 Å². The molecule has 150 valence electrons. The van der Waals surface area contributed by atoms with Gasteiger partial charge in [0.15, 0.2) is 5.76 Å². The van der Waals surface area contributed by atoms with Gasteiger partial charge in [-0.15, -0.1) is 11.8 Å². The summed E-state index contributed by atoms with van der Waals surface area (Å²) in [5, 5.41) is 6.17. The molecule has 0 aliphatic rings. The molecule has 29 heavy (non-hydrogen) atoms. The average molecular weight is 431 g/mol. The Hall–Kier alpha value is -2.90. The van der Waals surface area contributed by atoms with Gasteiger partial charge in [0.2, 0.25) is 5.91 Å². The Bertz CT molecular complexity index is 1020. The summed E-state index contributed by atoms with van der Waals surface area (Å²) in [4.78, 5) is 25.3. The van der Waals surface area contributed by atoms with Crippen LogP contribution in [-0.2, 0) is 4.79 Å². The molecule has 8 heteroatoms. The van der Waals surface area contributed by atoms with Crippen molar-refractivity contribution in [1.82, 2.24) is 0 Å². The molecule has 0 spiro atoms. The summed E-state index contributed by atoms with van der Waals surface area (Å²) in [5.41, 5.74) is 2.03. The summed E-state index contributed by atoms with van der Waals surface area (Å²) < 4.78 is 10.4. The number of amides is 2. The number of carbonyl (C=O) groups is 2. The van der Waals surface area contributed by atoms with Gasteiger partial charge in [-0.2, -0.15) is 0 Å². The number of anilines is 2. The molecule has 1 heterocycles. The van der Waals surface area contributed by atoms with Gasteiger partial charge >= 0.3 is 0 Å². The molecule has 3 rings (SSSR count). The molecule has 3 aromatic rings. The second-order valence-corrected chi connectivity index (χ2v) is 7.55. The molecule has 0 radical (unpaired) electrons. The lowest BCUT2D eigenvalue weighted by molar-refractivity contribution is -0.113. The molecule has 0 unspecified atom stereocenters. The first-order chi connectivity index (χ1) is 14.0. The van der Waals surface area contributed by atoms with Crippen LogP contribution in [0.25, 0.3) is 0 Å². The average Bonchev–Trinajstić information content (AvgIpc) is 3.24. The molecule has 6 nitrogen and oxygen atoms in total. The molecule has 0 saturated carbocycles. The van der Waals surface area contributed by atoms with Gasteiger partial charge < -0.3 is 19.8 Å². The number of rotatable bonds is 7. The van der Waals surface area contributed by atoms with Gasteiger partial charge in [-0.3, -0.25) is 9.59 Å². The monoisotopic (exact) mass is 430 g/mol.